The van der Waals surface area contributed by atoms with Crippen LogP contribution in [0.3, 0.4) is 0 Å². The van der Waals surface area contributed by atoms with Gasteiger partial charge in [-0.1, -0.05) is 29.8 Å². The summed E-state index contributed by atoms with van der Waals surface area (Å²) in [5, 5.41) is 25.0. The number of benzene rings is 1. The van der Waals surface area contributed by atoms with Crippen molar-refractivity contribution in [3.8, 4) is 5.75 Å². The zero-order valence-corrected chi connectivity index (χ0v) is 15.2. The van der Waals surface area contributed by atoms with Crippen molar-refractivity contribution in [1.29, 1.82) is 0 Å². The van der Waals surface area contributed by atoms with E-state index in [-0.39, 0.29) is 17.5 Å². The molecule has 128 valence electrons. The van der Waals surface area contributed by atoms with E-state index in [1.165, 1.54) is 6.07 Å². The van der Waals surface area contributed by atoms with Gasteiger partial charge in [-0.15, -0.1) is 0 Å². The number of aromatic hydroxyl groups is 1. The Morgan fingerprint density at radius 1 is 1.35 bits per heavy atom. The minimum absolute atomic E-state index is 0.00398. The Hall–Kier alpha value is -1.18. The lowest BCUT2D eigenvalue weighted by atomic mass is 9.94. The smallest absolute Gasteiger partial charge is 0.312 e. The summed E-state index contributed by atoms with van der Waals surface area (Å²) in [6.07, 6.45) is 1.88. The van der Waals surface area contributed by atoms with Crippen LogP contribution < -0.4 is 5.32 Å². The third kappa shape index (κ3) is 4.65. The molecule has 2 rings (SSSR count). The average molecular weight is 386 g/mol. The highest BCUT2D eigenvalue weighted by Gasteiger charge is 2.29. The van der Waals surface area contributed by atoms with Crippen LogP contribution in [0.1, 0.15) is 38.3 Å². The lowest BCUT2D eigenvalue weighted by molar-refractivity contribution is -0.386. The zero-order chi connectivity index (χ0) is 17.0. The van der Waals surface area contributed by atoms with Gasteiger partial charge in [0.1, 0.15) is 0 Å². The van der Waals surface area contributed by atoms with Crippen molar-refractivity contribution in [1.82, 2.24) is 10.2 Å². The minimum atomic E-state index is -0.527. The van der Waals surface area contributed by atoms with E-state index < -0.39 is 4.92 Å². The molecule has 0 aliphatic carbocycles. The van der Waals surface area contributed by atoms with E-state index in [4.69, 9.17) is 0 Å². The van der Waals surface area contributed by atoms with Crippen LogP contribution in [-0.4, -0.2) is 41.1 Å². The largest absolute Gasteiger partial charge is 0.502 e. The molecular formula is C16H24BrN3O3. The number of nitro benzene ring substituents is 1. The summed E-state index contributed by atoms with van der Waals surface area (Å²) in [5.74, 6) is 0.343. The third-order valence-electron chi connectivity index (χ3n) is 4.25. The summed E-state index contributed by atoms with van der Waals surface area (Å²) in [5.41, 5.74) is 0.410. The molecule has 1 aliphatic rings. The van der Waals surface area contributed by atoms with Crippen LogP contribution in [0.5, 0.6) is 5.75 Å². The van der Waals surface area contributed by atoms with Gasteiger partial charge in [0, 0.05) is 48.3 Å². The molecule has 0 bridgehead atoms. The van der Waals surface area contributed by atoms with Crippen LogP contribution in [0.25, 0.3) is 0 Å². The van der Waals surface area contributed by atoms with Gasteiger partial charge >= 0.3 is 5.69 Å². The molecule has 1 aliphatic heterocycles. The van der Waals surface area contributed by atoms with Gasteiger partial charge in [0.25, 0.3) is 0 Å². The molecule has 2 N–H and O–H groups in total. The van der Waals surface area contributed by atoms with Crippen LogP contribution in [0.4, 0.5) is 5.69 Å². The number of hydrogen-bond acceptors (Lipinski definition) is 5. The number of nitrogens with zero attached hydrogens (tertiary/aromatic N) is 2. The van der Waals surface area contributed by atoms with Crippen molar-refractivity contribution in [3.05, 3.63) is 32.3 Å². The van der Waals surface area contributed by atoms with E-state index in [0.29, 0.717) is 16.0 Å². The minimum Gasteiger partial charge on any atom is -0.502 e. The quantitative estimate of drug-likeness (QED) is 0.579. The van der Waals surface area contributed by atoms with Crippen molar-refractivity contribution in [2.75, 3.05) is 26.2 Å². The Morgan fingerprint density at radius 3 is 2.57 bits per heavy atom. The normalized spacial score (nSPS) is 17.4. The number of hydrogen-bond donors (Lipinski definition) is 2. The first-order valence-corrected chi connectivity index (χ1v) is 8.81. The number of phenols is 1. The second-order valence-electron chi connectivity index (χ2n) is 6.39. The van der Waals surface area contributed by atoms with E-state index in [1.807, 2.05) is 6.07 Å². The van der Waals surface area contributed by atoms with Gasteiger partial charge in [0.15, 0.2) is 5.75 Å². The van der Waals surface area contributed by atoms with Gasteiger partial charge in [-0.05, 0) is 24.8 Å². The maximum atomic E-state index is 11.2. The SMILES string of the molecule is CC(C)CC[C@H](c1cc(Br)cc([N+](=O)[O-])c1O)N1CCNCC1. The molecule has 1 saturated heterocycles. The molecule has 7 heteroatoms. The van der Waals surface area contributed by atoms with Crippen LogP contribution in [0.2, 0.25) is 0 Å². The van der Waals surface area contributed by atoms with Gasteiger partial charge in [0.2, 0.25) is 0 Å². The summed E-state index contributed by atoms with van der Waals surface area (Å²) < 4.78 is 0.627. The summed E-state index contributed by atoms with van der Waals surface area (Å²) >= 11 is 3.34. The highest BCUT2D eigenvalue weighted by atomic mass is 79.9. The van der Waals surface area contributed by atoms with Crippen molar-refractivity contribution in [2.45, 2.75) is 32.7 Å². The number of halogens is 1. The number of nitrogens with one attached hydrogen (secondary N) is 1. The van der Waals surface area contributed by atoms with E-state index in [2.05, 4.69) is 40.0 Å². The van der Waals surface area contributed by atoms with Crippen molar-refractivity contribution in [3.63, 3.8) is 0 Å². The molecule has 1 atom stereocenters. The Kier molecular flexibility index (Phi) is 6.38. The Labute approximate surface area is 145 Å². The molecule has 0 radical (unpaired) electrons. The van der Waals surface area contributed by atoms with Gasteiger partial charge in [-0.2, -0.15) is 0 Å². The fourth-order valence-corrected chi connectivity index (χ4v) is 3.48. The van der Waals surface area contributed by atoms with Crippen LogP contribution >= 0.6 is 15.9 Å². The molecule has 23 heavy (non-hydrogen) atoms. The second-order valence-corrected chi connectivity index (χ2v) is 7.31. The van der Waals surface area contributed by atoms with E-state index >= 15 is 0 Å². The topological polar surface area (TPSA) is 78.6 Å². The standard InChI is InChI=1S/C16H24BrN3O3/c1-11(2)3-4-14(19-7-5-18-6-8-19)13-9-12(17)10-15(16(13)21)20(22)23/h9-11,14,18,21H,3-8H2,1-2H3/t14-/m1/s1. The van der Waals surface area contributed by atoms with Crippen molar-refractivity contribution >= 4 is 21.6 Å². The van der Waals surface area contributed by atoms with E-state index in [9.17, 15) is 15.2 Å². The van der Waals surface area contributed by atoms with Gasteiger partial charge in [-0.25, -0.2) is 0 Å². The Morgan fingerprint density at radius 2 is 2.00 bits per heavy atom. The summed E-state index contributed by atoms with van der Waals surface area (Å²) in [7, 11) is 0. The van der Waals surface area contributed by atoms with Gasteiger partial charge in [0.05, 0.1) is 4.92 Å². The molecule has 0 amide bonds. The predicted octanol–water partition coefficient (Wildman–Crippen LogP) is 3.45. The van der Waals surface area contributed by atoms with Crippen LogP contribution in [-0.2, 0) is 0 Å². The molecule has 0 aromatic heterocycles. The number of piperazine rings is 1. The molecule has 1 fully saturated rings. The second kappa shape index (κ2) is 8.08. The number of rotatable bonds is 6. The van der Waals surface area contributed by atoms with Crippen LogP contribution in [0.15, 0.2) is 16.6 Å². The fourth-order valence-electron chi connectivity index (χ4n) is 3.02. The predicted molar refractivity (Wildman–Crippen MR) is 93.7 cm³/mol. The molecule has 0 saturated carbocycles. The van der Waals surface area contributed by atoms with Crippen LogP contribution in [0, 0.1) is 16.0 Å². The lowest BCUT2D eigenvalue weighted by Gasteiger charge is -2.36. The van der Waals surface area contributed by atoms with Gasteiger partial charge in [-0.3, -0.25) is 15.0 Å². The highest BCUT2D eigenvalue weighted by Crippen LogP contribution is 2.40. The molecule has 6 nitrogen and oxygen atoms in total. The van der Waals surface area contributed by atoms with E-state index in [0.717, 1.165) is 39.0 Å². The molecule has 1 heterocycles. The fraction of sp³-hybridized carbons (Fsp3) is 0.625. The Bertz CT molecular complexity index is 560. The summed E-state index contributed by atoms with van der Waals surface area (Å²) in [6, 6.07) is 3.17. The first kappa shape index (κ1) is 18.2. The molecule has 0 spiro atoms. The molecule has 1 aromatic rings. The average Bonchev–Trinajstić information content (AvgIpc) is 2.51. The monoisotopic (exact) mass is 385 g/mol. The van der Waals surface area contributed by atoms with E-state index in [1.54, 1.807) is 0 Å². The third-order valence-corrected chi connectivity index (χ3v) is 4.71. The molecule has 0 unspecified atom stereocenters. The number of nitro groups is 1. The molecular weight excluding hydrogens is 362 g/mol. The lowest BCUT2D eigenvalue weighted by Crippen LogP contribution is -2.45. The first-order chi connectivity index (χ1) is 10.9. The number of phenolic OH excluding ortho intramolecular Hbond substituents is 1. The van der Waals surface area contributed by atoms with Gasteiger partial charge < -0.3 is 10.4 Å². The maximum Gasteiger partial charge on any atom is 0.312 e. The Balaban J connectivity index is 2.38. The van der Waals surface area contributed by atoms with Crippen molar-refractivity contribution < 1.29 is 10.0 Å². The maximum absolute atomic E-state index is 11.2. The first-order valence-electron chi connectivity index (χ1n) is 8.01. The summed E-state index contributed by atoms with van der Waals surface area (Å²) in [4.78, 5) is 13.0. The zero-order valence-electron chi connectivity index (χ0n) is 13.6. The highest BCUT2D eigenvalue weighted by molar-refractivity contribution is 9.10. The summed E-state index contributed by atoms with van der Waals surface area (Å²) in [6.45, 7) is 7.88. The molecule has 1 aromatic carbocycles. The van der Waals surface area contributed by atoms with Crippen molar-refractivity contribution in [2.24, 2.45) is 5.92 Å².